The first-order valence-electron chi connectivity index (χ1n) is 4.73. The molecule has 0 aromatic carbocycles. The second kappa shape index (κ2) is 3.69. The number of carbonyl (C=O) groups is 1. The SMILES string of the molecule is NC(=O)N1CCCCC1c1cocn1. The fourth-order valence-corrected chi connectivity index (χ4v) is 1.89. The van der Waals surface area contributed by atoms with E-state index in [0.29, 0.717) is 6.54 Å². The number of carbonyl (C=O) groups excluding carboxylic acids is 1. The van der Waals surface area contributed by atoms with E-state index in [9.17, 15) is 4.79 Å². The molecule has 0 radical (unpaired) electrons. The van der Waals surface area contributed by atoms with E-state index in [2.05, 4.69) is 4.98 Å². The van der Waals surface area contributed by atoms with Crippen molar-refractivity contribution in [3.8, 4) is 0 Å². The highest BCUT2D eigenvalue weighted by atomic mass is 16.3. The molecular formula is C9H13N3O2. The maximum absolute atomic E-state index is 11.1. The number of oxazole rings is 1. The minimum absolute atomic E-state index is 0.000000000000000222. The number of hydrogen-bond donors (Lipinski definition) is 1. The number of nitrogens with zero attached hydrogens (tertiary/aromatic N) is 2. The maximum Gasteiger partial charge on any atom is 0.315 e. The molecule has 14 heavy (non-hydrogen) atoms. The summed E-state index contributed by atoms with van der Waals surface area (Å²) >= 11 is 0. The summed E-state index contributed by atoms with van der Waals surface area (Å²) in [6, 6.07) is -0.377. The predicted octanol–water partition coefficient (Wildman–Crippen LogP) is 1.28. The number of likely N-dealkylation sites (tertiary alicyclic amines) is 1. The van der Waals surface area contributed by atoms with Gasteiger partial charge in [0.25, 0.3) is 0 Å². The van der Waals surface area contributed by atoms with Crippen molar-refractivity contribution in [2.75, 3.05) is 6.54 Å². The standard InChI is InChI=1S/C9H13N3O2/c10-9(13)12-4-2-1-3-8(12)7-5-14-6-11-7/h5-6,8H,1-4H2,(H2,10,13). The van der Waals surface area contributed by atoms with Crippen LogP contribution >= 0.6 is 0 Å². The average Bonchev–Trinajstić information content (AvgIpc) is 2.70. The zero-order valence-electron chi connectivity index (χ0n) is 7.85. The predicted molar refractivity (Wildman–Crippen MR) is 49.4 cm³/mol. The van der Waals surface area contributed by atoms with Gasteiger partial charge < -0.3 is 15.1 Å². The zero-order chi connectivity index (χ0) is 9.97. The normalized spacial score (nSPS) is 22.3. The van der Waals surface area contributed by atoms with E-state index in [4.69, 9.17) is 10.2 Å². The smallest absolute Gasteiger partial charge is 0.315 e. The molecule has 76 valence electrons. The molecule has 0 saturated carbocycles. The largest absolute Gasteiger partial charge is 0.451 e. The molecule has 1 aromatic rings. The quantitative estimate of drug-likeness (QED) is 0.733. The van der Waals surface area contributed by atoms with Gasteiger partial charge >= 0.3 is 6.03 Å². The van der Waals surface area contributed by atoms with Gasteiger partial charge in [0, 0.05) is 6.54 Å². The molecule has 0 aliphatic carbocycles. The lowest BCUT2D eigenvalue weighted by Gasteiger charge is -2.32. The molecule has 5 heteroatoms. The van der Waals surface area contributed by atoms with E-state index in [0.717, 1.165) is 25.0 Å². The first kappa shape index (κ1) is 9.05. The van der Waals surface area contributed by atoms with Crippen LogP contribution in [-0.2, 0) is 0 Å². The first-order valence-corrected chi connectivity index (χ1v) is 4.73. The van der Waals surface area contributed by atoms with E-state index in [1.54, 1.807) is 11.2 Å². The minimum atomic E-state index is -0.377. The summed E-state index contributed by atoms with van der Waals surface area (Å²) in [5, 5.41) is 0. The van der Waals surface area contributed by atoms with Crippen LogP contribution < -0.4 is 5.73 Å². The molecule has 1 atom stereocenters. The van der Waals surface area contributed by atoms with Gasteiger partial charge in [-0.2, -0.15) is 0 Å². The van der Waals surface area contributed by atoms with Crippen LogP contribution in [0.3, 0.4) is 0 Å². The Kier molecular flexibility index (Phi) is 2.39. The summed E-state index contributed by atoms with van der Waals surface area (Å²) in [6.07, 6.45) is 5.98. The van der Waals surface area contributed by atoms with Crippen molar-refractivity contribution in [1.29, 1.82) is 0 Å². The third-order valence-electron chi connectivity index (χ3n) is 2.58. The Morgan fingerprint density at radius 2 is 2.50 bits per heavy atom. The maximum atomic E-state index is 11.1. The first-order chi connectivity index (χ1) is 6.79. The Morgan fingerprint density at radius 3 is 3.14 bits per heavy atom. The van der Waals surface area contributed by atoms with Gasteiger partial charge in [-0.3, -0.25) is 0 Å². The van der Waals surface area contributed by atoms with Gasteiger partial charge in [-0.05, 0) is 19.3 Å². The highest BCUT2D eigenvalue weighted by molar-refractivity contribution is 5.72. The van der Waals surface area contributed by atoms with Gasteiger partial charge in [0.05, 0.1) is 6.04 Å². The van der Waals surface area contributed by atoms with Crippen LogP contribution in [0.2, 0.25) is 0 Å². The van der Waals surface area contributed by atoms with Crippen LogP contribution in [0.25, 0.3) is 0 Å². The lowest BCUT2D eigenvalue weighted by molar-refractivity contribution is 0.158. The number of rotatable bonds is 1. The molecule has 1 fully saturated rings. The fraction of sp³-hybridized carbons (Fsp3) is 0.556. The van der Waals surface area contributed by atoms with Crippen LogP contribution in [0.4, 0.5) is 4.79 Å². The highest BCUT2D eigenvalue weighted by Gasteiger charge is 2.27. The second-order valence-electron chi connectivity index (χ2n) is 3.46. The molecule has 2 heterocycles. The molecule has 0 bridgehead atoms. The zero-order valence-corrected chi connectivity index (χ0v) is 7.85. The Hall–Kier alpha value is -1.52. The van der Waals surface area contributed by atoms with Crippen molar-refractivity contribution in [1.82, 2.24) is 9.88 Å². The average molecular weight is 195 g/mol. The topological polar surface area (TPSA) is 72.4 Å². The van der Waals surface area contributed by atoms with Crippen molar-refractivity contribution < 1.29 is 9.21 Å². The summed E-state index contributed by atoms with van der Waals surface area (Å²) in [5.74, 6) is 0. The Bertz CT molecular complexity index is 310. The number of urea groups is 1. The number of aromatic nitrogens is 1. The van der Waals surface area contributed by atoms with E-state index >= 15 is 0 Å². The Labute approximate surface area is 81.9 Å². The number of primary amides is 1. The van der Waals surface area contributed by atoms with Crippen LogP contribution in [0.15, 0.2) is 17.1 Å². The van der Waals surface area contributed by atoms with Crippen LogP contribution in [0.5, 0.6) is 0 Å². The Morgan fingerprint density at radius 1 is 1.64 bits per heavy atom. The van der Waals surface area contributed by atoms with Gasteiger partial charge in [0.1, 0.15) is 12.0 Å². The van der Waals surface area contributed by atoms with Gasteiger partial charge in [-0.25, -0.2) is 9.78 Å². The summed E-state index contributed by atoms with van der Waals surface area (Å²) in [4.78, 5) is 16.9. The van der Waals surface area contributed by atoms with E-state index < -0.39 is 0 Å². The van der Waals surface area contributed by atoms with Crippen molar-refractivity contribution in [3.05, 3.63) is 18.4 Å². The van der Waals surface area contributed by atoms with Crippen LogP contribution in [0, 0.1) is 0 Å². The molecule has 1 aliphatic rings. The third kappa shape index (κ3) is 1.57. The summed E-state index contributed by atoms with van der Waals surface area (Å²) in [6.45, 7) is 0.715. The summed E-state index contributed by atoms with van der Waals surface area (Å²) in [7, 11) is 0. The molecule has 2 amide bonds. The number of piperidine rings is 1. The molecule has 1 unspecified atom stereocenters. The van der Waals surface area contributed by atoms with Gasteiger partial charge in [-0.15, -0.1) is 0 Å². The van der Waals surface area contributed by atoms with Crippen molar-refractivity contribution >= 4 is 6.03 Å². The fourth-order valence-electron chi connectivity index (χ4n) is 1.89. The van der Waals surface area contributed by atoms with Gasteiger partial charge in [-0.1, -0.05) is 0 Å². The number of nitrogens with two attached hydrogens (primary N) is 1. The third-order valence-corrected chi connectivity index (χ3v) is 2.58. The van der Waals surface area contributed by atoms with E-state index in [1.807, 2.05) is 0 Å². The molecule has 5 nitrogen and oxygen atoms in total. The molecule has 0 spiro atoms. The van der Waals surface area contributed by atoms with Crippen molar-refractivity contribution in [3.63, 3.8) is 0 Å². The highest BCUT2D eigenvalue weighted by Crippen LogP contribution is 2.29. The summed E-state index contributed by atoms with van der Waals surface area (Å²) in [5.41, 5.74) is 6.09. The second-order valence-corrected chi connectivity index (χ2v) is 3.46. The molecule has 1 aliphatic heterocycles. The molecule has 1 aromatic heterocycles. The molecule has 1 saturated heterocycles. The van der Waals surface area contributed by atoms with Crippen molar-refractivity contribution in [2.45, 2.75) is 25.3 Å². The van der Waals surface area contributed by atoms with Crippen LogP contribution in [-0.4, -0.2) is 22.5 Å². The minimum Gasteiger partial charge on any atom is -0.451 e. The van der Waals surface area contributed by atoms with Crippen LogP contribution in [0.1, 0.15) is 31.0 Å². The van der Waals surface area contributed by atoms with Crippen molar-refractivity contribution in [2.24, 2.45) is 5.73 Å². The lowest BCUT2D eigenvalue weighted by Crippen LogP contribution is -2.41. The molecule has 2 rings (SSSR count). The summed E-state index contributed by atoms with van der Waals surface area (Å²) < 4.78 is 4.91. The van der Waals surface area contributed by atoms with E-state index in [-0.39, 0.29) is 12.1 Å². The number of hydrogen-bond acceptors (Lipinski definition) is 3. The monoisotopic (exact) mass is 195 g/mol. The molecule has 2 N–H and O–H groups in total. The van der Waals surface area contributed by atoms with Gasteiger partial charge in [0.2, 0.25) is 0 Å². The van der Waals surface area contributed by atoms with E-state index in [1.165, 1.54) is 6.39 Å². The lowest BCUT2D eigenvalue weighted by atomic mass is 10.0. The molecular weight excluding hydrogens is 182 g/mol. The number of amides is 2. The Balaban J connectivity index is 2.18. The van der Waals surface area contributed by atoms with Gasteiger partial charge in [0.15, 0.2) is 6.39 Å².